The molecule has 38 heavy (non-hydrogen) atoms. The predicted molar refractivity (Wildman–Crippen MR) is 153 cm³/mol. The minimum atomic E-state index is -0.504. The van der Waals surface area contributed by atoms with E-state index in [-0.39, 0.29) is 17.6 Å². The first-order chi connectivity index (χ1) is 18.4. The minimum Gasteiger partial charge on any atom is -0.493 e. The van der Waals surface area contributed by atoms with E-state index in [1.807, 2.05) is 18.2 Å². The lowest BCUT2D eigenvalue weighted by Gasteiger charge is -2.10. The number of hydrazone groups is 1. The van der Waals surface area contributed by atoms with E-state index in [9.17, 15) is 14.4 Å². The zero-order chi connectivity index (χ0) is 27.3. The predicted octanol–water partition coefficient (Wildman–Crippen LogP) is 5.88. The van der Waals surface area contributed by atoms with Crippen molar-refractivity contribution in [1.29, 1.82) is 0 Å². The zero-order valence-corrected chi connectivity index (χ0v) is 23.9. The van der Waals surface area contributed by atoms with Crippen LogP contribution in [-0.4, -0.2) is 37.7 Å². The van der Waals surface area contributed by atoms with Gasteiger partial charge in [-0.2, -0.15) is 5.10 Å². The highest BCUT2D eigenvalue weighted by Gasteiger charge is 2.13. The first-order valence-corrected chi connectivity index (χ1v) is 13.5. The van der Waals surface area contributed by atoms with Gasteiger partial charge in [0.05, 0.1) is 24.5 Å². The number of ether oxygens (including phenoxy) is 2. The molecule has 0 spiro atoms. The lowest BCUT2D eigenvalue weighted by molar-refractivity contribution is -0.121. The summed E-state index contributed by atoms with van der Waals surface area (Å²) >= 11 is 6.70. The number of nitrogens with one attached hydrogen (secondary N) is 2. The third kappa shape index (κ3) is 9.11. The third-order valence-electron chi connectivity index (χ3n) is 5.36. The number of nitrogens with zero attached hydrogens (tertiary/aromatic N) is 1. The Morgan fingerprint density at radius 2 is 1.68 bits per heavy atom. The smallest absolute Gasteiger partial charge is 0.343 e. The monoisotopic (exact) mass is 643 g/mol. The number of rotatable bonds is 12. The Bertz CT molecular complexity index is 1300. The molecular formula is C28H27Br2N3O5. The van der Waals surface area contributed by atoms with Crippen LogP contribution in [0.4, 0.5) is 0 Å². The zero-order valence-electron chi connectivity index (χ0n) is 20.7. The SMILES string of the molecule is COc1cc(C=NNC(=O)CCCCCNC(=O)c2ccccc2Br)ccc1OC(=O)c1ccc(Br)cc1. The molecule has 3 aromatic rings. The van der Waals surface area contributed by atoms with Crippen LogP contribution in [0, 0.1) is 0 Å². The van der Waals surface area contributed by atoms with Crippen molar-refractivity contribution in [2.75, 3.05) is 13.7 Å². The number of methoxy groups -OCH3 is 1. The van der Waals surface area contributed by atoms with Crippen molar-refractivity contribution in [3.63, 3.8) is 0 Å². The molecule has 0 saturated heterocycles. The van der Waals surface area contributed by atoms with Crippen LogP contribution in [0.3, 0.4) is 0 Å². The quantitative estimate of drug-likeness (QED) is 0.0842. The van der Waals surface area contributed by atoms with E-state index in [0.717, 1.165) is 21.8 Å². The Labute approximate surface area is 238 Å². The van der Waals surface area contributed by atoms with Crippen LogP contribution in [0.25, 0.3) is 0 Å². The van der Waals surface area contributed by atoms with Crippen LogP contribution in [0.2, 0.25) is 0 Å². The summed E-state index contributed by atoms with van der Waals surface area (Å²) in [6, 6.07) is 19.0. The van der Waals surface area contributed by atoms with Gasteiger partial charge in [0.25, 0.3) is 5.91 Å². The second-order valence-corrected chi connectivity index (χ2v) is 9.92. The molecule has 0 saturated carbocycles. The van der Waals surface area contributed by atoms with Gasteiger partial charge < -0.3 is 14.8 Å². The molecule has 0 radical (unpaired) electrons. The molecule has 0 aliphatic carbocycles. The fraction of sp³-hybridized carbons (Fsp3) is 0.214. The molecule has 0 bridgehead atoms. The number of hydrogen-bond acceptors (Lipinski definition) is 6. The van der Waals surface area contributed by atoms with Gasteiger partial charge in [0.1, 0.15) is 0 Å². The minimum absolute atomic E-state index is 0.128. The summed E-state index contributed by atoms with van der Waals surface area (Å²) in [5.74, 6) is -0.203. The molecule has 0 aromatic heterocycles. The fourth-order valence-corrected chi connectivity index (χ4v) is 4.09. The Balaban J connectivity index is 1.37. The number of carbonyl (C=O) groups is 3. The van der Waals surface area contributed by atoms with Crippen LogP contribution in [0.5, 0.6) is 11.5 Å². The van der Waals surface area contributed by atoms with Crippen LogP contribution < -0.4 is 20.2 Å². The highest BCUT2D eigenvalue weighted by atomic mass is 79.9. The van der Waals surface area contributed by atoms with Crippen molar-refractivity contribution in [2.45, 2.75) is 25.7 Å². The van der Waals surface area contributed by atoms with Gasteiger partial charge in [-0.25, -0.2) is 10.2 Å². The summed E-state index contributed by atoms with van der Waals surface area (Å²) in [5, 5.41) is 6.87. The number of esters is 1. The maximum Gasteiger partial charge on any atom is 0.343 e. The van der Waals surface area contributed by atoms with E-state index in [1.165, 1.54) is 13.3 Å². The van der Waals surface area contributed by atoms with Crippen LogP contribution in [-0.2, 0) is 4.79 Å². The van der Waals surface area contributed by atoms with Crippen LogP contribution in [0.1, 0.15) is 52.0 Å². The summed E-state index contributed by atoms with van der Waals surface area (Å²) in [4.78, 5) is 36.6. The number of benzene rings is 3. The van der Waals surface area contributed by atoms with E-state index in [0.29, 0.717) is 41.8 Å². The molecule has 0 heterocycles. The van der Waals surface area contributed by atoms with Crippen molar-refractivity contribution in [2.24, 2.45) is 5.10 Å². The van der Waals surface area contributed by atoms with Crippen molar-refractivity contribution >= 4 is 55.9 Å². The number of carbonyl (C=O) groups excluding carboxylic acids is 3. The highest BCUT2D eigenvalue weighted by Crippen LogP contribution is 2.28. The normalized spacial score (nSPS) is 10.7. The second-order valence-electron chi connectivity index (χ2n) is 8.15. The number of amides is 2. The molecule has 198 valence electrons. The third-order valence-corrected chi connectivity index (χ3v) is 6.58. The molecule has 10 heteroatoms. The average molecular weight is 645 g/mol. The maximum atomic E-state index is 12.4. The first-order valence-electron chi connectivity index (χ1n) is 11.9. The molecule has 3 rings (SSSR count). The summed E-state index contributed by atoms with van der Waals surface area (Å²) in [5.41, 5.74) is 4.17. The van der Waals surface area contributed by atoms with Gasteiger partial charge in [-0.05, 0) is 88.9 Å². The van der Waals surface area contributed by atoms with Gasteiger partial charge in [0.2, 0.25) is 5.91 Å². The Morgan fingerprint density at radius 1 is 0.921 bits per heavy atom. The second kappa shape index (κ2) is 15.0. The van der Waals surface area contributed by atoms with E-state index < -0.39 is 5.97 Å². The van der Waals surface area contributed by atoms with Crippen LogP contribution in [0.15, 0.2) is 80.8 Å². The van der Waals surface area contributed by atoms with E-state index in [4.69, 9.17) is 9.47 Å². The van der Waals surface area contributed by atoms with Gasteiger partial charge >= 0.3 is 5.97 Å². The topological polar surface area (TPSA) is 106 Å². The number of unbranched alkanes of at least 4 members (excludes halogenated alkanes) is 2. The summed E-state index contributed by atoms with van der Waals surface area (Å²) in [6.07, 6.45) is 4.05. The summed E-state index contributed by atoms with van der Waals surface area (Å²) < 4.78 is 12.4. The first kappa shape index (κ1) is 29.1. The molecule has 2 amide bonds. The van der Waals surface area contributed by atoms with Crippen molar-refractivity contribution < 1.29 is 23.9 Å². The van der Waals surface area contributed by atoms with Crippen LogP contribution >= 0.6 is 31.9 Å². The molecule has 2 N–H and O–H groups in total. The van der Waals surface area contributed by atoms with E-state index in [2.05, 4.69) is 47.7 Å². The molecule has 0 fully saturated rings. The van der Waals surface area contributed by atoms with Gasteiger partial charge in [-0.1, -0.05) is 34.5 Å². The molecule has 0 aliphatic heterocycles. The van der Waals surface area contributed by atoms with E-state index in [1.54, 1.807) is 48.5 Å². The molecule has 0 unspecified atom stereocenters. The van der Waals surface area contributed by atoms with Gasteiger partial charge in [-0.15, -0.1) is 0 Å². The lowest BCUT2D eigenvalue weighted by Crippen LogP contribution is -2.24. The largest absolute Gasteiger partial charge is 0.493 e. The van der Waals surface area contributed by atoms with Gasteiger partial charge in [0, 0.05) is 21.9 Å². The van der Waals surface area contributed by atoms with Crippen molar-refractivity contribution in [3.05, 3.63) is 92.4 Å². The van der Waals surface area contributed by atoms with Crippen molar-refractivity contribution in [1.82, 2.24) is 10.7 Å². The molecule has 8 nitrogen and oxygen atoms in total. The maximum absolute atomic E-state index is 12.4. The van der Waals surface area contributed by atoms with Gasteiger partial charge in [0.15, 0.2) is 11.5 Å². The average Bonchev–Trinajstić information content (AvgIpc) is 2.91. The Morgan fingerprint density at radius 3 is 2.42 bits per heavy atom. The fourth-order valence-electron chi connectivity index (χ4n) is 3.36. The molecule has 0 atom stereocenters. The van der Waals surface area contributed by atoms with Crippen molar-refractivity contribution in [3.8, 4) is 11.5 Å². The number of hydrogen-bond donors (Lipinski definition) is 2. The highest BCUT2D eigenvalue weighted by molar-refractivity contribution is 9.10. The number of halogens is 2. The summed E-state index contributed by atoms with van der Waals surface area (Å²) in [7, 11) is 1.47. The van der Waals surface area contributed by atoms with Gasteiger partial charge in [-0.3, -0.25) is 9.59 Å². The molecular weight excluding hydrogens is 618 g/mol. The van der Waals surface area contributed by atoms with E-state index >= 15 is 0 Å². The lowest BCUT2D eigenvalue weighted by atomic mass is 10.2. The molecule has 0 aliphatic rings. The standard InChI is InChI=1S/C28H27Br2N3O5/c1-37-25-17-19(10-15-24(25)38-28(36)20-11-13-21(29)14-12-20)18-32-33-26(34)9-3-2-6-16-31-27(35)22-7-4-5-8-23(22)30/h4-5,7-8,10-15,17-18H,2-3,6,9,16H2,1H3,(H,31,35)(H,33,34). The Kier molecular flexibility index (Phi) is 11.5. The Hall–Kier alpha value is -3.50. The molecule has 3 aromatic carbocycles. The summed E-state index contributed by atoms with van der Waals surface area (Å²) in [6.45, 7) is 0.538.